The summed E-state index contributed by atoms with van der Waals surface area (Å²) in [6, 6.07) is 9.62. The van der Waals surface area contributed by atoms with E-state index in [0.29, 0.717) is 36.9 Å². The molecule has 1 aliphatic rings. The molecule has 2 unspecified atom stereocenters. The highest BCUT2D eigenvalue weighted by Crippen LogP contribution is 2.35. The highest BCUT2D eigenvalue weighted by atomic mass is 16.6. The van der Waals surface area contributed by atoms with E-state index in [9.17, 15) is 0 Å². The zero-order chi connectivity index (χ0) is 14.7. The Bertz CT molecular complexity index is 662. The van der Waals surface area contributed by atoms with Gasteiger partial charge in [-0.1, -0.05) is 24.2 Å². The fourth-order valence-electron chi connectivity index (χ4n) is 2.15. The minimum Gasteiger partial charge on any atom is -0.485 e. The molecule has 0 saturated carbocycles. The monoisotopic (exact) mass is 285 g/mol. The van der Waals surface area contributed by atoms with Crippen molar-refractivity contribution in [3.05, 3.63) is 36.0 Å². The summed E-state index contributed by atoms with van der Waals surface area (Å²) in [6.45, 7) is 2.33. The predicted octanol–water partition coefficient (Wildman–Crippen LogP) is 2.67. The normalized spacial score (nSPS) is 18.0. The molecule has 6 nitrogen and oxygen atoms in total. The third kappa shape index (κ3) is 2.97. The number of para-hydroxylation sites is 2. The molecule has 0 amide bonds. The van der Waals surface area contributed by atoms with Crippen LogP contribution in [-0.4, -0.2) is 16.7 Å². The van der Waals surface area contributed by atoms with Gasteiger partial charge in [0.15, 0.2) is 17.6 Å². The van der Waals surface area contributed by atoms with E-state index in [-0.39, 0.29) is 12.0 Å². The second kappa shape index (κ2) is 5.83. The number of fused-ring (bicyclic) bond motifs is 1. The van der Waals surface area contributed by atoms with Gasteiger partial charge < -0.3 is 14.0 Å². The number of hydrogen-bond acceptors (Lipinski definition) is 6. The molecule has 3 rings (SSSR count). The van der Waals surface area contributed by atoms with E-state index in [1.165, 1.54) is 0 Å². The Morgan fingerprint density at radius 2 is 2.19 bits per heavy atom. The molecule has 2 atom stereocenters. The van der Waals surface area contributed by atoms with Crippen molar-refractivity contribution >= 4 is 0 Å². The number of nitrogens with zero attached hydrogens (tertiary/aromatic N) is 3. The molecule has 21 heavy (non-hydrogen) atoms. The van der Waals surface area contributed by atoms with E-state index in [1.54, 1.807) is 0 Å². The molecule has 1 aliphatic heterocycles. The summed E-state index contributed by atoms with van der Waals surface area (Å²) in [4.78, 5) is 4.34. The zero-order valence-electron chi connectivity index (χ0n) is 11.7. The zero-order valence-corrected chi connectivity index (χ0v) is 11.7. The Morgan fingerprint density at radius 3 is 3.00 bits per heavy atom. The van der Waals surface area contributed by atoms with Crippen LogP contribution in [0.25, 0.3) is 0 Å². The number of rotatable bonds is 4. The van der Waals surface area contributed by atoms with Crippen LogP contribution < -0.4 is 9.47 Å². The van der Waals surface area contributed by atoms with Crippen LogP contribution in [0.4, 0.5) is 0 Å². The Hall–Kier alpha value is -2.55. The standard InChI is InChI=1S/C15H15N3O3/c1-10(6-7-16)8-14-17-15(18-21-14)13-9-19-11-4-2-3-5-12(11)20-13/h2-5,10,13H,6,8-9H2,1H3. The van der Waals surface area contributed by atoms with Gasteiger partial charge in [0, 0.05) is 12.8 Å². The number of hydrogen-bond donors (Lipinski definition) is 0. The van der Waals surface area contributed by atoms with Crippen LogP contribution in [0.15, 0.2) is 28.8 Å². The highest BCUT2D eigenvalue weighted by molar-refractivity contribution is 5.40. The molecule has 0 N–H and O–H groups in total. The van der Waals surface area contributed by atoms with Gasteiger partial charge in [-0.2, -0.15) is 10.2 Å². The Labute approximate surface area is 122 Å². The van der Waals surface area contributed by atoms with Gasteiger partial charge >= 0.3 is 0 Å². The minimum absolute atomic E-state index is 0.188. The summed E-state index contributed by atoms with van der Waals surface area (Å²) in [6.07, 6.45) is 0.683. The van der Waals surface area contributed by atoms with Gasteiger partial charge in [-0.25, -0.2) is 0 Å². The van der Waals surface area contributed by atoms with Gasteiger partial charge in [-0.15, -0.1) is 0 Å². The van der Waals surface area contributed by atoms with Crippen molar-refractivity contribution in [1.29, 1.82) is 5.26 Å². The second-order valence-electron chi connectivity index (χ2n) is 5.08. The number of benzene rings is 1. The Morgan fingerprint density at radius 1 is 1.38 bits per heavy atom. The highest BCUT2D eigenvalue weighted by Gasteiger charge is 2.26. The topological polar surface area (TPSA) is 81.2 Å². The first-order chi connectivity index (χ1) is 10.3. The van der Waals surface area contributed by atoms with Crippen LogP contribution in [0.1, 0.15) is 31.2 Å². The average molecular weight is 285 g/mol. The summed E-state index contributed by atoms with van der Waals surface area (Å²) in [5, 5.41) is 12.6. The molecule has 0 bridgehead atoms. The molecule has 2 aromatic rings. The Kier molecular flexibility index (Phi) is 3.73. The van der Waals surface area contributed by atoms with Crippen LogP contribution in [0.2, 0.25) is 0 Å². The van der Waals surface area contributed by atoms with Gasteiger partial charge in [0.2, 0.25) is 11.7 Å². The van der Waals surface area contributed by atoms with Gasteiger partial charge in [0.05, 0.1) is 6.07 Å². The molecular formula is C15H15N3O3. The maximum Gasteiger partial charge on any atom is 0.227 e. The fourth-order valence-corrected chi connectivity index (χ4v) is 2.15. The summed E-state index contributed by atoms with van der Waals surface area (Å²) < 4.78 is 16.7. The van der Waals surface area contributed by atoms with E-state index in [2.05, 4.69) is 16.2 Å². The maximum absolute atomic E-state index is 8.66. The molecule has 2 heterocycles. The predicted molar refractivity (Wildman–Crippen MR) is 72.7 cm³/mol. The van der Waals surface area contributed by atoms with Crippen molar-refractivity contribution in [2.24, 2.45) is 5.92 Å². The number of nitriles is 1. The summed E-state index contributed by atoms with van der Waals surface area (Å²) in [7, 11) is 0. The quantitative estimate of drug-likeness (QED) is 0.859. The first-order valence-electron chi connectivity index (χ1n) is 6.84. The molecule has 6 heteroatoms. The second-order valence-corrected chi connectivity index (χ2v) is 5.08. The van der Waals surface area contributed by atoms with E-state index in [1.807, 2.05) is 31.2 Å². The lowest BCUT2D eigenvalue weighted by Gasteiger charge is -2.24. The van der Waals surface area contributed by atoms with Crippen LogP contribution in [-0.2, 0) is 6.42 Å². The summed E-state index contributed by atoms with van der Waals surface area (Å²) >= 11 is 0. The maximum atomic E-state index is 8.66. The van der Waals surface area contributed by atoms with Crippen LogP contribution in [0.5, 0.6) is 11.5 Å². The van der Waals surface area contributed by atoms with Crippen molar-refractivity contribution in [1.82, 2.24) is 10.1 Å². The van der Waals surface area contributed by atoms with Crippen LogP contribution >= 0.6 is 0 Å². The van der Waals surface area contributed by atoms with E-state index in [0.717, 1.165) is 5.75 Å². The van der Waals surface area contributed by atoms with Crippen LogP contribution in [0, 0.1) is 17.2 Å². The molecular weight excluding hydrogens is 270 g/mol. The third-order valence-electron chi connectivity index (χ3n) is 3.24. The van der Waals surface area contributed by atoms with Gasteiger partial charge in [0.1, 0.15) is 6.61 Å². The number of aromatic nitrogens is 2. The van der Waals surface area contributed by atoms with Crippen molar-refractivity contribution in [2.75, 3.05) is 6.61 Å². The van der Waals surface area contributed by atoms with Gasteiger partial charge in [0.25, 0.3) is 0 Å². The smallest absolute Gasteiger partial charge is 0.227 e. The summed E-state index contributed by atoms with van der Waals surface area (Å²) in [5.41, 5.74) is 0. The minimum atomic E-state index is -0.372. The number of ether oxygens (including phenoxy) is 2. The fraction of sp³-hybridized carbons (Fsp3) is 0.400. The molecule has 1 aromatic heterocycles. The van der Waals surface area contributed by atoms with Crippen molar-refractivity contribution in [3.8, 4) is 17.6 Å². The molecule has 108 valence electrons. The third-order valence-corrected chi connectivity index (χ3v) is 3.24. The van der Waals surface area contributed by atoms with E-state index >= 15 is 0 Å². The van der Waals surface area contributed by atoms with Crippen molar-refractivity contribution in [3.63, 3.8) is 0 Å². The van der Waals surface area contributed by atoms with E-state index in [4.69, 9.17) is 19.3 Å². The molecule has 0 aliphatic carbocycles. The lowest BCUT2D eigenvalue weighted by molar-refractivity contribution is 0.0832. The van der Waals surface area contributed by atoms with E-state index < -0.39 is 0 Å². The van der Waals surface area contributed by atoms with Gasteiger partial charge in [-0.3, -0.25) is 0 Å². The van der Waals surface area contributed by atoms with Crippen LogP contribution in [0.3, 0.4) is 0 Å². The largest absolute Gasteiger partial charge is 0.485 e. The first-order valence-corrected chi connectivity index (χ1v) is 6.84. The van der Waals surface area contributed by atoms with Crippen molar-refractivity contribution in [2.45, 2.75) is 25.9 Å². The molecule has 0 spiro atoms. The molecule has 0 saturated heterocycles. The van der Waals surface area contributed by atoms with Crippen molar-refractivity contribution < 1.29 is 14.0 Å². The first kappa shape index (κ1) is 13.4. The lowest BCUT2D eigenvalue weighted by Crippen LogP contribution is -2.22. The average Bonchev–Trinajstić information content (AvgIpc) is 2.95. The lowest BCUT2D eigenvalue weighted by atomic mass is 10.1. The van der Waals surface area contributed by atoms with Gasteiger partial charge in [-0.05, 0) is 18.1 Å². The summed E-state index contributed by atoms with van der Waals surface area (Å²) in [5.74, 6) is 2.59. The SMILES string of the molecule is CC(CC#N)Cc1nc(C2COc3ccccc3O2)no1. The molecule has 1 aromatic carbocycles. The molecule has 0 fully saturated rings. The molecule has 0 radical (unpaired) electrons. The Balaban J connectivity index is 1.69.